The summed E-state index contributed by atoms with van der Waals surface area (Å²) in [6.07, 6.45) is -3.40. The number of hydrogen-bond donors (Lipinski definition) is 1. The van der Waals surface area contributed by atoms with Crippen molar-refractivity contribution in [1.82, 2.24) is 5.32 Å². The average Bonchev–Trinajstić information content (AvgIpc) is 2.61. The van der Waals surface area contributed by atoms with Crippen LogP contribution >= 0.6 is 0 Å². The van der Waals surface area contributed by atoms with Crippen LogP contribution in [-0.4, -0.2) is 74.0 Å². The molecule has 1 amide bonds. The molecule has 0 aliphatic carbocycles. The smallest absolute Gasteiger partial charge is 0.325 e. The second-order valence-electron chi connectivity index (χ2n) is 6.35. The zero-order valence-electron chi connectivity index (χ0n) is 16.9. The number of nitrogens with one attached hydrogen (secondary N) is 1. The van der Waals surface area contributed by atoms with E-state index >= 15 is 0 Å². The summed E-state index contributed by atoms with van der Waals surface area (Å²) >= 11 is 0. The zero-order valence-corrected chi connectivity index (χ0v) is 16.9. The topological polar surface area (TPSA) is 144 Å². The first-order chi connectivity index (χ1) is 13.6. The molecule has 0 aromatic heterocycles. The Labute approximate surface area is 168 Å². The Morgan fingerprint density at radius 3 is 2.24 bits per heavy atom. The second kappa shape index (κ2) is 12.0. The quantitative estimate of drug-likeness (QED) is 0.390. The summed E-state index contributed by atoms with van der Waals surface area (Å²) in [4.78, 5) is 57.9. The Morgan fingerprint density at radius 1 is 1.00 bits per heavy atom. The normalized spacial score (nSPS) is 22.0. The van der Waals surface area contributed by atoms with Gasteiger partial charge < -0.3 is 29.0 Å². The van der Waals surface area contributed by atoms with Gasteiger partial charge in [0.15, 0.2) is 0 Å². The van der Waals surface area contributed by atoms with Crippen molar-refractivity contribution in [1.29, 1.82) is 0 Å². The van der Waals surface area contributed by atoms with Gasteiger partial charge in [-0.25, -0.2) is 0 Å². The third kappa shape index (κ3) is 9.37. The molecule has 29 heavy (non-hydrogen) atoms. The van der Waals surface area contributed by atoms with Crippen molar-refractivity contribution >= 4 is 29.8 Å². The Morgan fingerprint density at radius 2 is 1.69 bits per heavy atom. The fourth-order valence-corrected chi connectivity index (χ4v) is 2.80. The summed E-state index contributed by atoms with van der Waals surface area (Å²) in [7, 11) is 0. The number of ether oxygens (including phenoxy) is 5. The van der Waals surface area contributed by atoms with E-state index in [1.54, 1.807) is 6.92 Å². The van der Waals surface area contributed by atoms with Crippen LogP contribution in [0.2, 0.25) is 0 Å². The highest BCUT2D eigenvalue weighted by atomic mass is 16.6. The Hall–Kier alpha value is -2.69. The fraction of sp³-hybridized carbons (Fsp3) is 0.722. The van der Waals surface area contributed by atoms with E-state index in [1.165, 1.54) is 13.8 Å². The fourth-order valence-electron chi connectivity index (χ4n) is 2.80. The van der Waals surface area contributed by atoms with Crippen LogP contribution in [0.1, 0.15) is 40.5 Å². The largest absolute Gasteiger partial charge is 0.465 e. The van der Waals surface area contributed by atoms with Crippen molar-refractivity contribution < 1.29 is 47.7 Å². The Kier molecular flexibility index (Phi) is 10.1. The molecule has 164 valence electrons. The molecule has 0 spiro atoms. The summed E-state index contributed by atoms with van der Waals surface area (Å²) in [5.74, 6) is -3.22. The molecule has 0 bridgehead atoms. The van der Waals surface area contributed by atoms with Crippen molar-refractivity contribution in [3.63, 3.8) is 0 Å². The summed E-state index contributed by atoms with van der Waals surface area (Å²) in [5.41, 5.74) is 0. The van der Waals surface area contributed by atoms with Gasteiger partial charge in [0.1, 0.15) is 25.4 Å². The Bertz CT molecular complexity index is 620. The van der Waals surface area contributed by atoms with Crippen molar-refractivity contribution in [3.05, 3.63) is 0 Å². The molecule has 11 nitrogen and oxygen atoms in total. The van der Waals surface area contributed by atoms with Crippen LogP contribution < -0.4 is 5.32 Å². The maximum atomic E-state index is 12.5. The summed E-state index contributed by atoms with van der Waals surface area (Å²) < 4.78 is 25.7. The second-order valence-corrected chi connectivity index (χ2v) is 6.35. The third-order valence-electron chi connectivity index (χ3n) is 3.79. The van der Waals surface area contributed by atoms with Crippen LogP contribution in [0.3, 0.4) is 0 Å². The number of carbonyl (C=O) groups excluding carboxylic acids is 5. The summed E-state index contributed by atoms with van der Waals surface area (Å²) in [6.45, 7) is 4.82. The number of hydrogen-bond acceptors (Lipinski definition) is 10. The molecule has 4 unspecified atom stereocenters. The SMILES string of the molecule is CCOC(=O)CNC(=O)C(OC(C)=O)C1CC(OC(C)=O)CC(COC(C)=O)O1. The van der Waals surface area contributed by atoms with E-state index in [0.29, 0.717) is 0 Å². The van der Waals surface area contributed by atoms with Crippen molar-refractivity contribution in [2.75, 3.05) is 19.8 Å². The number of esters is 4. The van der Waals surface area contributed by atoms with E-state index in [1.807, 2.05) is 0 Å². The van der Waals surface area contributed by atoms with Crippen molar-refractivity contribution in [2.45, 2.75) is 65.0 Å². The minimum Gasteiger partial charge on any atom is -0.465 e. The van der Waals surface area contributed by atoms with E-state index in [-0.39, 0.29) is 26.1 Å². The first-order valence-corrected chi connectivity index (χ1v) is 9.18. The molecule has 1 N–H and O–H groups in total. The molecule has 1 saturated heterocycles. The van der Waals surface area contributed by atoms with Crippen molar-refractivity contribution in [2.24, 2.45) is 0 Å². The van der Waals surface area contributed by atoms with Gasteiger partial charge in [0.2, 0.25) is 6.10 Å². The predicted octanol–water partition coefficient (Wildman–Crippen LogP) is -0.360. The van der Waals surface area contributed by atoms with Gasteiger partial charge in [0, 0.05) is 33.6 Å². The van der Waals surface area contributed by atoms with Crippen LogP contribution in [-0.2, 0) is 47.7 Å². The van der Waals surface area contributed by atoms with Gasteiger partial charge in [-0.15, -0.1) is 0 Å². The minimum atomic E-state index is -1.40. The molecule has 1 aliphatic heterocycles. The van der Waals surface area contributed by atoms with Crippen LogP contribution in [0.15, 0.2) is 0 Å². The van der Waals surface area contributed by atoms with Crippen LogP contribution in [0.4, 0.5) is 0 Å². The maximum Gasteiger partial charge on any atom is 0.325 e. The molecule has 4 atom stereocenters. The van der Waals surface area contributed by atoms with E-state index in [4.69, 9.17) is 23.7 Å². The van der Waals surface area contributed by atoms with Gasteiger partial charge >= 0.3 is 23.9 Å². The number of rotatable bonds is 9. The lowest BCUT2D eigenvalue weighted by Gasteiger charge is -2.37. The van der Waals surface area contributed by atoms with Crippen LogP contribution in [0.5, 0.6) is 0 Å². The van der Waals surface area contributed by atoms with Gasteiger partial charge in [-0.3, -0.25) is 24.0 Å². The number of carbonyl (C=O) groups is 5. The minimum absolute atomic E-state index is 0.0704. The molecular weight excluding hydrogens is 390 g/mol. The van der Waals surface area contributed by atoms with Crippen molar-refractivity contribution in [3.8, 4) is 0 Å². The lowest BCUT2D eigenvalue weighted by molar-refractivity contribution is -0.191. The molecule has 0 aromatic rings. The third-order valence-corrected chi connectivity index (χ3v) is 3.79. The molecule has 0 aromatic carbocycles. The number of amides is 1. The molecule has 0 saturated carbocycles. The van der Waals surface area contributed by atoms with Gasteiger partial charge in [-0.2, -0.15) is 0 Å². The standard InChI is InChI=1S/C18H27NO10/c1-5-25-16(23)8-19-18(24)17(28-12(4)22)15-7-13(27-11(3)21)6-14(29-15)9-26-10(2)20/h13-15,17H,5-9H2,1-4H3,(H,19,24). The predicted molar refractivity (Wildman–Crippen MR) is 95.3 cm³/mol. The molecule has 1 rings (SSSR count). The highest BCUT2D eigenvalue weighted by molar-refractivity contribution is 5.87. The average molecular weight is 417 g/mol. The highest BCUT2D eigenvalue weighted by Crippen LogP contribution is 2.26. The van der Waals surface area contributed by atoms with Crippen LogP contribution in [0, 0.1) is 0 Å². The van der Waals surface area contributed by atoms with Gasteiger partial charge in [-0.1, -0.05) is 0 Å². The zero-order chi connectivity index (χ0) is 22.0. The van der Waals surface area contributed by atoms with E-state index < -0.39 is 60.7 Å². The van der Waals surface area contributed by atoms with Gasteiger partial charge in [-0.05, 0) is 6.92 Å². The molecule has 11 heteroatoms. The van der Waals surface area contributed by atoms with Crippen LogP contribution in [0.25, 0.3) is 0 Å². The van der Waals surface area contributed by atoms with E-state index in [9.17, 15) is 24.0 Å². The molecule has 1 heterocycles. The lowest BCUT2D eigenvalue weighted by Crippen LogP contribution is -2.52. The molecule has 1 aliphatic rings. The molecular formula is C18H27NO10. The first-order valence-electron chi connectivity index (χ1n) is 9.18. The monoisotopic (exact) mass is 417 g/mol. The summed E-state index contributed by atoms with van der Waals surface area (Å²) in [6, 6.07) is 0. The van der Waals surface area contributed by atoms with Gasteiger partial charge in [0.25, 0.3) is 5.91 Å². The summed E-state index contributed by atoms with van der Waals surface area (Å²) in [5, 5.41) is 2.33. The lowest BCUT2D eigenvalue weighted by atomic mass is 9.97. The molecule has 1 fully saturated rings. The Balaban J connectivity index is 2.91. The maximum absolute atomic E-state index is 12.5. The van der Waals surface area contributed by atoms with E-state index in [2.05, 4.69) is 5.32 Å². The highest BCUT2D eigenvalue weighted by Gasteiger charge is 2.41. The van der Waals surface area contributed by atoms with Gasteiger partial charge in [0.05, 0.1) is 12.7 Å². The molecule has 0 radical (unpaired) electrons. The first kappa shape index (κ1) is 24.3. The van der Waals surface area contributed by atoms with E-state index in [0.717, 1.165) is 6.92 Å².